The van der Waals surface area contributed by atoms with Crippen molar-refractivity contribution in [2.45, 2.75) is 73.6 Å². The van der Waals surface area contributed by atoms with Crippen LogP contribution in [-0.4, -0.2) is 18.4 Å². The fourth-order valence-corrected chi connectivity index (χ4v) is 22.8. The SMILES string of the molecule is CCC[CH2][Sn]1([CH2]CCC)[CH2]c2ccccc2C=[C]1C(C)(C)C. The van der Waals surface area contributed by atoms with Gasteiger partial charge in [0.25, 0.3) is 0 Å². The first-order valence-electron chi connectivity index (χ1n) is 9.23. The van der Waals surface area contributed by atoms with E-state index in [1.165, 1.54) is 35.7 Å². The maximum absolute atomic E-state index is 2.63. The maximum atomic E-state index is 2.63. The Morgan fingerprint density at radius 3 is 2.09 bits per heavy atom. The molecule has 0 bridgehead atoms. The van der Waals surface area contributed by atoms with Crippen molar-refractivity contribution in [2.24, 2.45) is 5.41 Å². The van der Waals surface area contributed by atoms with Gasteiger partial charge in [0, 0.05) is 0 Å². The van der Waals surface area contributed by atoms with Crippen LogP contribution in [0.2, 0.25) is 8.87 Å². The van der Waals surface area contributed by atoms with Crippen molar-refractivity contribution < 1.29 is 0 Å². The van der Waals surface area contributed by atoms with Crippen molar-refractivity contribution in [1.29, 1.82) is 0 Å². The molecule has 1 heterocycles. The minimum absolute atomic E-state index is 0.352. The first-order valence-corrected chi connectivity index (χ1v) is 16.7. The number of hydrogen-bond acceptors (Lipinski definition) is 0. The molecule has 1 aliphatic heterocycles. The number of fused-ring (bicyclic) bond motifs is 1. The van der Waals surface area contributed by atoms with Crippen LogP contribution in [0.1, 0.15) is 71.4 Å². The van der Waals surface area contributed by atoms with Gasteiger partial charge < -0.3 is 0 Å². The van der Waals surface area contributed by atoms with E-state index in [0.717, 1.165) is 0 Å². The predicted molar refractivity (Wildman–Crippen MR) is 103 cm³/mol. The molecule has 0 aliphatic carbocycles. The molecule has 0 amide bonds. The van der Waals surface area contributed by atoms with E-state index in [0.29, 0.717) is 5.41 Å². The van der Waals surface area contributed by atoms with Crippen molar-refractivity contribution in [1.82, 2.24) is 0 Å². The first-order chi connectivity index (χ1) is 10.4. The summed E-state index contributed by atoms with van der Waals surface area (Å²) in [4.78, 5) is 0. The van der Waals surface area contributed by atoms with Gasteiger partial charge in [-0.2, -0.15) is 0 Å². The number of allylic oxidation sites excluding steroid dienone is 1. The van der Waals surface area contributed by atoms with Crippen molar-refractivity contribution in [3.63, 3.8) is 0 Å². The minimum atomic E-state index is -2.28. The van der Waals surface area contributed by atoms with Gasteiger partial charge in [-0.25, -0.2) is 0 Å². The van der Waals surface area contributed by atoms with Crippen molar-refractivity contribution in [2.75, 3.05) is 0 Å². The molecule has 0 radical (unpaired) electrons. The Labute approximate surface area is 142 Å². The monoisotopic (exact) mass is 406 g/mol. The molecule has 0 atom stereocenters. The summed E-state index contributed by atoms with van der Waals surface area (Å²) in [5.41, 5.74) is 3.51. The van der Waals surface area contributed by atoms with E-state index < -0.39 is 18.4 Å². The normalized spacial score (nSPS) is 17.0. The van der Waals surface area contributed by atoms with Crippen LogP contribution in [-0.2, 0) is 4.44 Å². The van der Waals surface area contributed by atoms with Crippen LogP contribution in [0.25, 0.3) is 6.08 Å². The van der Waals surface area contributed by atoms with Gasteiger partial charge in [0.2, 0.25) is 0 Å². The molecule has 2 rings (SSSR count). The van der Waals surface area contributed by atoms with E-state index in [4.69, 9.17) is 0 Å². The molecular formula is C21H34Sn. The standard InChI is InChI=1S/C13H16.2C4H9.Sn/c1-11-7-5-6-8-12(11)9-10-13(2,3)4;2*1-3-4-2;/h5-9H,1H2,2-4H3;2*1,3-4H2,2H3;. The van der Waals surface area contributed by atoms with E-state index in [-0.39, 0.29) is 0 Å². The summed E-state index contributed by atoms with van der Waals surface area (Å²) in [5, 5.41) is 0. The summed E-state index contributed by atoms with van der Waals surface area (Å²) in [6.07, 6.45) is 8.21. The Hall–Kier alpha value is -0.241. The van der Waals surface area contributed by atoms with Gasteiger partial charge in [-0.15, -0.1) is 0 Å². The second-order valence-electron chi connectivity index (χ2n) is 8.17. The van der Waals surface area contributed by atoms with Crippen LogP contribution < -0.4 is 0 Å². The van der Waals surface area contributed by atoms with Crippen LogP contribution >= 0.6 is 0 Å². The number of benzene rings is 1. The fourth-order valence-electron chi connectivity index (χ4n) is 4.22. The summed E-state index contributed by atoms with van der Waals surface area (Å²) in [6, 6.07) is 9.17. The number of rotatable bonds is 6. The Balaban J connectivity index is 2.49. The summed E-state index contributed by atoms with van der Waals surface area (Å²) < 4.78 is 6.47. The number of hydrogen-bond donors (Lipinski definition) is 0. The van der Waals surface area contributed by atoms with Gasteiger partial charge >= 0.3 is 142 Å². The molecule has 1 aromatic rings. The third-order valence-corrected chi connectivity index (χ3v) is 21.6. The van der Waals surface area contributed by atoms with Crippen LogP contribution in [0.3, 0.4) is 0 Å². The van der Waals surface area contributed by atoms with Gasteiger partial charge in [0.05, 0.1) is 0 Å². The quantitative estimate of drug-likeness (QED) is 0.457. The van der Waals surface area contributed by atoms with E-state index in [9.17, 15) is 0 Å². The van der Waals surface area contributed by atoms with E-state index in [2.05, 4.69) is 65.0 Å². The molecule has 1 aliphatic rings. The number of unbranched alkanes of at least 4 members (excludes halogenated alkanes) is 2. The summed E-state index contributed by atoms with van der Waals surface area (Å²) in [5.74, 6) is 0. The Morgan fingerprint density at radius 2 is 1.55 bits per heavy atom. The zero-order valence-electron chi connectivity index (χ0n) is 15.3. The average molecular weight is 405 g/mol. The second-order valence-corrected chi connectivity index (χ2v) is 20.9. The van der Waals surface area contributed by atoms with Gasteiger partial charge in [-0.05, 0) is 0 Å². The van der Waals surface area contributed by atoms with Gasteiger partial charge in [-0.3, -0.25) is 0 Å². The molecule has 122 valence electrons. The Bertz CT molecular complexity index is 511. The third-order valence-electron chi connectivity index (χ3n) is 5.28. The van der Waals surface area contributed by atoms with E-state index in [1.54, 1.807) is 14.4 Å². The molecule has 1 heteroatoms. The molecule has 0 aromatic heterocycles. The molecule has 0 spiro atoms. The third kappa shape index (κ3) is 3.99. The molecule has 0 fully saturated rings. The Morgan fingerprint density at radius 1 is 0.955 bits per heavy atom. The van der Waals surface area contributed by atoms with Gasteiger partial charge in [-0.1, -0.05) is 0 Å². The molecule has 0 unspecified atom stereocenters. The van der Waals surface area contributed by atoms with Crippen molar-refractivity contribution in [3.05, 3.63) is 39.0 Å². The van der Waals surface area contributed by atoms with Crippen LogP contribution in [0.15, 0.2) is 27.9 Å². The van der Waals surface area contributed by atoms with Gasteiger partial charge in [0.15, 0.2) is 0 Å². The molecule has 0 N–H and O–H groups in total. The second kappa shape index (κ2) is 7.55. The summed E-state index contributed by atoms with van der Waals surface area (Å²) in [6.45, 7) is 12.1. The molecule has 0 saturated heterocycles. The average Bonchev–Trinajstić information content (AvgIpc) is 2.49. The van der Waals surface area contributed by atoms with Crippen molar-refractivity contribution in [3.8, 4) is 0 Å². The van der Waals surface area contributed by atoms with Crippen LogP contribution in [0.4, 0.5) is 0 Å². The zero-order chi connectivity index (χ0) is 16.2. The summed E-state index contributed by atoms with van der Waals surface area (Å²) in [7, 11) is 0. The zero-order valence-corrected chi connectivity index (χ0v) is 18.2. The molecule has 22 heavy (non-hydrogen) atoms. The fraction of sp³-hybridized carbons (Fsp3) is 0.619. The molecule has 1 aromatic carbocycles. The van der Waals surface area contributed by atoms with Gasteiger partial charge in [0.1, 0.15) is 0 Å². The van der Waals surface area contributed by atoms with Crippen LogP contribution in [0.5, 0.6) is 0 Å². The Kier molecular flexibility index (Phi) is 6.21. The topological polar surface area (TPSA) is 0 Å². The van der Waals surface area contributed by atoms with Crippen molar-refractivity contribution >= 4 is 24.5 Å². The molecule has 0 nitrogen and oxygen atoms in total. The first kappa shape index (κ1) is 18.1. The predicted octanol–water partition coefficient (Wildman–Crippen LogP) is 6.80. The summed E-state index contributed by atoms with van der Waals surface area (Å²) >= 11 is -2.28. The molecule has 0 saturated carbocycles. The van der Waals surface area contributed by atoms with Crippen LogP contribution in [0, 0.1) is 5.41 Å². The van der Waals surface area contributed by atoms with E-state index in [1.807, 2.05) is 3.59 Å². The molecular weight excluding hydrogens is 371 g/mol. The van der Waals surface area contributed by atoms with E-state index >= 15 is 0 Å².